The van der Waals surface area contributed by atoms with Crippen molar-refractivity contribution in [3.63, 3.8) is 0 Å². The minimum atomic E-state index is -0.489. The third-order valence-electron chi connectivity index (χ3n) is 2.91. The van der Waals surface area contributed by atoms with Crippen LogP contribution < -0.4 is 0 Å². The summed E-state index contributed by atoms with van der Waals surface area (Å²) in [7, 11) is 1.99. The van der Waals surface area contributed by atoms with E-state index in [9.17, 15) is 5.11 Å². The molecule has 1 unspecified atom stereocenters. The number of hydrogen-bond acceptors (Lipinski definition) is 4. The fourth-order valence-corrected chi connectivity index (χ4v) is 2.37. The van der Waals surface area contributed by atoms with Crippen LogP contribution in [0.3, 0.4) is 0 Å². The Kier molecular flexibility index (Phi) is 9.11. The maximum atomic E-state index is 9.96. The average molecular weight is 360 g/mol. The highest BCUT2D eigenvalue weighted by molar-refractivity contribution is 9.10. The molecular weight excluding hydrogens is 334 g/mol. The maximum Gasteiger partial charge on any atom is 0.0900 e. The van der Waals surface area contributed by atoms with Gasteiger partial charge in [0.2, 0.25) is 0 Å². The Morgan fingerprint density at radius 2 is 1.95 bits per heavy atom. The normalized spacial score (nSPS) is 13.1. The van der Waals surface area contributed by atoms with Crippen LogP contribution in [0.4, 0.5) is 0 Å². The molecule has 4 nitrogen and oxygen atoms in total. The molecule has 0 heterocycles. The van der Waals surface area contributed by atoms with E-state index < -0.39 is 6.10 Å². The highest BCUT2D eigenvalue weighted by Gasteiger charge is 2.10. The first-order valence-corrected chi connectivity index (χ1v) is 8.07. The largest absolute Gasteiger partial charge is 0.389 e. The smallest absolute Gasteiger partial charge is 0.0900 e. The summed E-state index contributed by atoms with van der Waals surface area (Å²) in [5.41, 5.74) is 1.21. The molecule has 1 atom stereocenters. The van der Waals surface area contributed by atoms with E-state index in [4.69, 9.17) is 9.47 Å². The van der Waals surface area contributed by atoms with Crippen LogP contribution in [0.2, 0.25) is 0 Å². The van der Waals surface area contributed by atoms with Crippen LogP contribution in [0.5, 0.6) is 0 Å². The topological polar surface area (TPSA) is 41.9 Å². The van der Waals surface area contributed by atoms with Crippen molar-refractivity contribution < 1.29 is 14.6 Å². The molecule has 21 heavy (non-hydrogen) atoms. The zero-order valence-electron chi connectivity index (χ0n) is 13.1. The van der Waals surface area contributed by atoms with E-state index >= 15 is 0 Å². The Balaban J connectivity index is 2.19. The predicted molar refractivity (Wildman–Crippen MR) is 88.4 cm³/mol. The molecule has 0 bridgehead atoms. The van der Waals surface area contributed by atoms with Gasteiger partial charge in [0.1, 0.15) is 0 Å². The van der Waals surface area contributed by atoms with Gasteiger partial charge in [-0.25, -0.2) is 0 Å². The van der Waals surface area contributed by atoms with E-state index in [1.807, 2.05) is 39.1 Å². The van der Waals surface area contributed by atoms with Crippen LogP contribution in [0.25, 0.3) is 0 Å². The van der Waals surface area contributed by atoms with Crippen LogP contribution in [0.15, 0.2) is 28.7 Å². The number of halogens is 1. The third kappa shape index (κ3) is 8.53. The fraction of sp³-hybridized carbons (Fsp3) is 0.625. The second kappa shape index (κ2) is 10.3. The van der Waals surface area contributed by atoms with Crippen LogP contribution in [0.1, 0.15) is 19.4 Å². The van der Waals surface area contributed by atoms with Gasteiger partial charge in [-0.2, -0.15) is 0 Å². The molecule has 1 N–H and O–H groups in total. The summed E-state index contributed by atoms with van der Waals surface area (Å²) >= 11 is 3.53. The lowest BCUT2D eigenvalue weighted by atomic mass is 10.2. The molecule has 0 spiro atoms. The molecule has 0 radical (unpaired) electrons. The number of nitrogens with zero attached hydrogens (tertiary/aromatic N) is 1. The lowest BCUT2D eigenvalue weighted by molar-refractivity contribution is -0.0174. The van der Waals surface area contributed by atoms with Crippen molar-refractivity contribution in [3.8, 4) is 0 Å². The van der Waals surface area contributed by atoms with E-state index in [-0.39, 0.29) is 6.10 Å². The van der Waals surface area contributed by atoms with E-state index in [1.54, 1.807) is 0 Å². The van der Waals surface area contributed by atoms with Crippen LogP contribution in [0, 0.1) is 0 Å². The Bertz CT molecular complexity index is 401. The molecule has 0 aliphatic heterocycles. The second-order valence-corrected chi connectivity index (χ2v) is 6.29. The van der Waals surface area contributed by atoms with Gasteiger partial charge in [0, 0.05) is 17.6 Å². The Morgan fingerprint density at radius 3 is 2.62 bits per heavy atom. The number of benzene rings is 1. The number of hydrogen-bond donors (Lipinski definition) is 1. The lowest BCUT2D eigenvalue weighted by Gasteiger charge is -2.21. The minimum absolute atomic E-state index is 0.217. The first-order valence-electron chi connectivity index (χ1n) is 7.28. The summed E-state index contributed by atoms with van der Waals surface area (Å²) < 4.78 is 11.9. The van der Waals surface area contributed by atoms with Crippen molar-refractivity contribution in [2.24, 2.45) is 0 Å². The number of ether oxygens (including phenoxy) is 2. The van der Waals surface area contributed by atoms with Gasteiger partial charge in [0.15, 0.2) is 0 Å². The van der Waals surface area contributed by atoms with E-state index in [2.05, 4.69) is 26.9 Å². The highest BCUT2D eigenvalue weighted by atomic mass is 79.9. The molecule has 1 rings (SSSR count). The summed E-state index contributed by atoms with van der Waals surface area (Å²) in [4.78, 5) is 2.08. The summed E-state index contributed by atoms with van der Waals surface area (Å²) in [6, 6.07) is 8.11. The molecule has 0 amide bonds. The first-order chi connectivity index (χ1) is 9.99. The summed E-state index contributed by atoms with van der Waals surface area (Å²) in [6.07, 6.45) is -0.273. The zero-order chi connectivity index (χ0) is 15.7. The molecule has 120 valence electrons. The molecule has 0 aliphatic carbocycles. The molecule has 0 fully saturated rings. The lowest BCUT2D eigenvalue weighted by Crippen LogP contribution is -2.32. The Morgan fingerprint density at radius 1 is 1.24 bits per heavy atom. The van der Waals surface area contributed by atoms with Crippen LogP contribution in [-0.2, 0) is 16.0 Å². The maximum absolute atomic E-state index is 9.96. The van der Waals surface area contributed by atoms with Gasteiger partial charge in [-0.05, 0) is 32.5 Å². The fourth-order valence-electron chi connectivity index (χ4n) is 1.96. The van der Waals surface area contributed by atoms with Crippen molar-refractivity contribution >= 4 is 15.9 Å². The molecule has 0 aromatic heterocycles. The van der Waals surface area contributed by atoms with E-state index in [1.165, 1.54) is 5.56 Å². The number of aliphatic hydroxyl groups is 1. The monoisotopic (exact) mass is 359 g/mol. The molecule has 0 aliphatic rings. The Hall–Kier alpha value is -0.460. The molecule has 0 saturated carbocycles. The zero-order valence-corrected chi connectivity index (χ0v) is 14.7. The van der Waals surface area contributed by atoms with Crippen LogP contribution >= 0.6 is 15.9 Å². The number of rotatable bonds is 10. The number of aliphatic hydroxyl groups excluding tert-OH is 1. The summed E-state index contributed by atoms with van der Waals surface area (Å²) in [5, 5.41) is 9.96. The molecular formula is C16H26BrNO3. The third-order valence-corrected chi connectivity index (χ3v) is 3.68. The van der Waals surface area contributed by atoms with Gasteiger partial charge in [-0.1, -0.05) is 34.1 Å². The standard InChI is InChI=1S/C16H26BrNO3/c1-13(2)21-9-8-20-12-15(19)11-18(3)10-14-6-4-5-7-16(14)17/h4-7,13,15,19H,8-12H2,1-3H3. The van der Waals surface area contributed by atoms with Crippen molar-refractivity contribution in [3.05, 3.63) is 34.3 Å². The van der Waals surface area contributed by atoms with Gasteiger partial charge in [-0.3, -0.25) is 4.90 Å². The van der Waals surface area contributed by atoms with Gasteiger partial charge in [0.05, 0.1) is 32.0 Å². The Labute approximate surface area is 136 Å². The van der Waals surface area contributed by atoms with Gasteiger partial charge < -0.3 is 14.6 Å². The predicted octanol–water partition coefficient (Wildman–Crippen LogP) is 2.68. The SMILES string of the molecule is CC(C)OCCOCC(O)CN(C)Cc1ccccc1Br. The number of likely N-dealkylation sites (N-methyl/N-ethyl adjacent to an activating group) is 1. The van der Waals surface area contributed by atoms with Crippen molar-refractivity contribution in [2.75, 3.05) is 33.4 Å². The van der Waals surface area contributed by atoms with Gasteiger partial charge in [0.25, 0.3) is 0 Å². The minimum Gasteiger partial charge on any atom is -0.389 e. The highest BCUT2D eigenvalue weighted by Crippen LogP contribution is 2.17. The molecule has 5 heteroatoms. The van der Waals surface area contributed by atoms with Gasteiger partial charge >= 0.3 is 0 Å². The quantitative estimate of drug-likeness (QED) is 0.652. The summed E-state index contributed by atoms with van der Waals surface area (Å²) in [6.45, 7) is 6.76. The van der Waals surface area contributed by atoms with Crippen molar-refractivity contribution in [1.29, 1.82) is 0 Å². The summed E-state index contributed by atoms with van der Waals surface area (Å²) in [5.74, 6) is 0. The van der Waals surface area contributed by atoms with Crippen molar-refractivity contribution in [1.82, 2.24) is 4.90 Å². The molecule has 1 aromatic carbocycles. The average Bonchev–Trinajstić information content (AvgIpc) is 2.40. The second-order valence-electron chi connectivity index (χ2n) is 5.44. The van der Waals surface area contributed by atoms with E-state index in [0.29, 0.717) is 26.4 Å². The van der Waals surface area contributed by atoms with E-state index in [0.717, 1.165) is 11.0 Å². The molecule has 1 aromatic rings. The van der Waals surface area contributed by atoms with Crippen molar-refractivity contribution in [2.45, 2.75) is 32.6 Å². The first kappa shape index (κ1) is 18.6. The van der Waals surface area contributed by atoms with Gasteiger partial charge in [-0.15, -0.1) is 0 Å². The van der Waals surface area contributed by atoms with Crippen LogP contribution in [-0.4, -0.2) is 55.6 Å². The molecule has 0 saturated heterocycles.